The smallest absolute Gasteiger partial charge is 0.410 e. The van der Waals surface area contributed by atoms with E-state index in [9.17, 15) is 18.8 Å². The SMILES string of the molecule is Cc1cn2cc(NC(=O)c3ccc(N4C[C@@H](C)N(C(=O)OC(C)(C)C)[C@@H](C)C4)c4ccc(=O)oc34)cc(F)c2n1. The number of hydrogen-bond acceptors (Lipinski definition) is 7. The molecule has 0 radical (unpaired) electrons. The molecule has 3 aromatic heterocycles. The molecule has 1 aliphatic rings. The molecule has 2 atom stereocenters. The molecule has 4 heterocycles. The molecule has 0 spiro atoms. The van der Waals surface area contributed by atoms with Gasteiger partial charge in [-0.15, -0.1) is 0 Å². The van der Waals surface area contributed by atoms with Crippen molar-refractivity contribution in [2.45, 2.75) is 59.2 Å². The van der Waals surface area contributed by atoms with Crippen molar-refractivity contribution in [3.8, 4) is 0 Å². The van der Waals surface area contributed by atoms with Crippen LogP contribution in [0.5, 0.6) is 0 Å². The Balaban J connectivity index is 1.45. The maximum Gasteiger partial charge on any atom is 0.410 e. The zero-order chi connectivity index (χ0) is 28.9. The summed E-state index contributed by atoms with van der Waals surface area (Å²) in [6.45, 7) is 12.2. The number of piperazine rings is 1. The number of carbonyl (C=O) groups is 2. The van der Waals surface area contributed by atoms with Gasteiger partial charge in [-0.05, 0) is 59.7 Å². The van der Waals surface area contributed by atoms with Crippen molar-refractivity contribution in [2.75, 3.05) is 23.3 Å². The lowest BCUT2D eigenvalue weighted by molar-refractivity contribution is 0.00566. The highest BCUT2D eigenvalue weighted by molar-refractivity contribution is 6.13. The molecule has 11 heteroatoms. The minimum atomic E-state index is -0.604. The van der Waals surface area contributed by atoms with Gasteiger partial charge >= 0.3 is 11.7 Å². The number of nitrogens with one attached hydrogen (secondary N) is 1. The van der Waals surface area contributed by atoms with Gasteiger partial charge in [0.05, 0.1) is 29.0 Å². The Hall–Kier alpha value is -4.41. The number of rotatable bonds is 3. The van der Waals surface area contributed by atoms with Crippen molar-refractivity contribution in [1.82, 2.24) is 14.3 Å². The summed E-state index contributed by atoms with van der Waals surface area (Å²) in [5.41, 5.74) is 0.838. The summed E-state index contributed by atoms with van der Waals surface area (Å²) in [7, 11) is 0. The summed E-state index contributed by atoms with van der Waals surface area (Å²) in [6.07, 6.45) is 2.85. The molecule has 2 amide bonds. The highest BCUT2D eigenvalue weighted by atomic mass is 19.1. The van der Waals surface area contributed by atoms with Gasteiger partial charge in [0.1, 0.15) is 5.60 Å². The molecule has 5 rings (SSSR count). The Kier molecular flexibility index (Phi) is 6.77. The van der Waals surface area contributed by atoms with Gasteiger partial charge in [0, 0.05) is 48.7 Å². The monoisotopic (exact) mass is 549 g/mol. The number of ether oxygens (including phenoxy) is 1. The number of halogens is 1. The van der Waals surface area contributed by atoms with Crippen LogP contribution in [0.4, 0.5) is 20.6 Å². The molecule has 0 unspecified atom stereocenters. The minimum Gasteiger partial charge on any atom is -0.444 e. The Morgan fingerprint density at radius 3 is 2.48 bits per heavy atom. The van der Waals surface area contributed by atoms with Crippen LogP contribution in [0.15, 0.2) is 51.9 Å². The van der Waals surface area contributed by atoms with E-state index in [0.29, 0.717) is 24.2 Å². The summed E-state index contributed by atoms with van der Waals surface area (Å²) >= 11 is 0. The molecule has 1 fully saturated rings. The first-order valence-corrected chi connectivity index (χ1v) is 13.1. The van der Waals surface area contributed by atoms with E-state index < -0.39 is 23.0 Å². The molecule has 1 N–H and O–H groups in total. The summed E-state index contributed by atoms with van der Waals surface area (Å²) in [6, 6.07) is 7.18. The Morgan fingerprint density at radius 2 is 1.80 bits per heavy atom. The first-order chi connectivity index (χ1) is 18.8. The molecule has 1 aromatic carbocycles. The van der Waals surface area contributed by atoms with E-state index in [-0.39, 0.29) is 40.7 Å². The highest BCUT2D eigenvalue weighted by Crippen LogP contribution is 2.32. The lowest BCUT2D eigenvalue weighted by atomic mass is 10.0. The predicted molar refractivity (Wildman–Crippen MR) is 150 cm³/mol. The van der Waals surface area contributed by atoms with Crippen LogP contribution in [-0.4, -0.2) is 57.1 Å². The average molecular weight is 550 g/mol. The van der Waals surface area contributed by atoms with E-state index in [1.165, 1.54) is 16.5 Å². The first kappa shape index (κ1) is 27.2. The molecule has 10 nitrogen and oxygen atoms in total. The fraction of sp³-hybridized carbons (Fsp3) is 0.379. The predicted octanol–water partition coefficient (Wildman–Crippen LogP) is 4.97. The summed E-state index contributed by atoms with van der Waals surface area (Å²) in [5, 5.41) is 3.27. The second-order valence-corrected chi connectivity index (χ2v) is 11.3. The Bertz CT molecular complexity index is 1680. The van der Waals surface area contributed by atoms with Gasteiger partial charge in [-0.2, -0.15) is 0 Å². The molecule has 40 heavy (non-hydrogen) atoms. The number of nitrogens with zero attached hydrogens (tertiary/aromatic N) is 4. The molecule has 4 aromatic rings. The van der Waals surface area contributed by atoms with E-state index in [4.69, 9.17) is 9.15 Å². The van der Waals surface area contributed by atoms with Crippen molar-refractivity contribution >= 4 is 40.0 Å². The third kappa shape index (κ3) is 5.23. The van der Waals surface area contributed by atoms with E-state index >= 15 is 0 Å². The normalized spacial score (nSPS) is 17.9. The van der Waals surface area contributed by atoms with E-state index in [1.54, 1.807) is 42.4 Å². The molecule has 0 aliphatic carbocycles. The van der Waals surface area contributed by atoms with Crippen LogP contribution in [0, 0.1) is 12.7 Å². The van der Waals surface area contributed by atoms with Gasteiger partial charge in [-0.1, -0.05) is 0 Å². The quantitative estimate of drug-likeness (QED) is 0.359. The minimum absolute atomic E-state index is 0.123. The third-order valence-electron chi connectivity index (χ3n) is 6.76. The largest absolute Gasteiger partial charge is 0.444 e. The average Bonchev–Trinajstić information content (AvgIpc) is 3.22. The van der Waals surface area contributed by atoms with Crippen molar-refractivity contribution in [2.24, 2.45) is 0 Å². The molecule has 1 saturated heterocycles. The lowest BCUT2D eigenvalue weighted by Crippen LogP contribution is -2.59. The number of hydrogen-bond donors (Lipinski definition) is 1. The zero-order valence-electron chi connectivity index (χ0n) is 23.3. The van der Waals surface area contributed by atoms with E-state index in [1.807, 2.05) is 34.6 Å². The number of fused-ring (bicyclic) bond motifs is 2. The maximum atomic E-state index is 14.6. The fourth-order valence-electron chi connectivity index (χ4n) is 5.24. The maximum absolute atomic E-state index is 14.6. The van der Waals surface area contributed by atoms with Crippen LogP contribution in [0.1, 0.15) is 50.7 Å². The first-order valence-electron chi connectivity index (χ1n) is 13.1. The van der Waals surface area contributed by atoms with Gasteiger partial charge < -0.3 is 23.8 Å². The fourth-order valence-corrected chi connectivity index (χ4v) is 5.24. The number of amides is 2. The van der Waals surface area contributed by atoms with Crippen LogP contribution >= 0.6 is 0 Å². The van der Waals surface area contributed by atoms with Crippen molar-refractivity contribution in [3.63, 3.8) is 0 Å². The van der Waals surface area contributed by atoms with Crippen LogP contribution in [0.25, 0.3) is 16.6 Å². The number of aryl methyl sites for hydroxylation is 1. The number of pyridine rings is 1. The summed E-state index contributed by atoms with van der Waals surface area (Å²) in [5.74, 6) is -1.13. The van der Waals surface area contributed by atoms with Gasteiger partial charge in [0.15, 0.2) is 17.0 Å². The number of anilines is 2. The van der Waals surface area contributed by atoms with Gasteiger partial charge in [-0.25, -0.2) is 19.0 Å². The molecule has 210 valence electrons. The van der Waals surface area contributed by atoms with Crippen molar-refractivity contribution in [3.05, 3.63) is 70.2 Å². The zero-order valence-corrected chi connectivity index (χ0v) is 23.3. The second-order valence-electron chi connectivity index (χ2n) is 11.3. The standard InChI is InChI=1S/C29H32FN5O5/c1-16-12-34-15-19(11-22(30)26(34)31-16)32-27(37)21-7-9-23(20-8-10-24(36)39-25(20)21)33-13-17(2)35(18(3)14-33)28(38)40-29(4,5)6/h7-12,15,17-18H,13-14H2,1-6H3,(H,32,37)/t17-,18+. The van der Waals surface area contributed by atoms with Gasteiger partial charge in [-0.3, -0.25) is 9.69 Å². The van der Waals surface area contributed by atoms with Gasteiger partial charge in [0.25, 0.3) is 5.91 Å². The number of benzene rings is 1. The number of aromatic nitrogens is 2. The van der Waals surface area contributed by atoms with Gasteiger partial charge in [0.2, 0.25) is 0 Å². The molecule has 0 saturated carbocycles. The van der Waals surface area contributed by atoms with Crippen LogP contribution in [-0.2, 0) is 4.74 Å². The van der Waals surface area contributed by atoms with E-state index in [0.717, 1.165) is 5.69 Å². The molecule has 1 aliphatic heterocycles. The Morgan fingerprint density at radius 1 is 1.10 bits per heavy atom. The van der Waals surface area contributed by atoms with Crippen molar-refractivity contribution in [1.29, 1.82) is 0 Å². The Labute approximate surface area is 230 Å². The second kappa shape index (κ2) is 9.96. The molecular weight excluding hydrogens is 517 g/mol. The number of carbonyl (C=O) groups excluding carboxylic acids is 2. The molecular formula is C29H32FN5O5. The summed E-state index contributed by atoms with van der Waals surface area (Å²) in [4.78, 5) is 46.4. The number of imidazole rings is 1. The van der Waals surface area contributed by atoms with Crippen molar-refractivity contribution < 1.29 is 23.1 Å². The third-order valence-corrected chi connectivity index (χ3v) is 6.76. The summed E-state index contributed by atoms with van der Waals surface area (Å²) < 4.78 is 27.2. The topological polar surface area (TPSA) is 109 Å². The van der Waals surface area contributed by atoms with Crippen LogP contribution in [0.2, 0.25) is 0 Å². The highest BCUT2D eigenvalue weighted by Gasteiger charge is 2.36. The molecule has 0 bridgehead atoms. The van der Waals surface area contributed by atoms with Crippen LogP contribution < -0.4 is 15.8 Å². The van der Waals surface area contributed by atoms with Crippen LogP contribution in [0.3, 0.4) is 0 Å². The lowest BCUT2D eigenvalue weighted by Gasteiger charge is -2.45. The van der Waals surface area contributed by atoms with E-state index in [2.05, 4.69) is 15.2 Å².